The Kier molecular flexibility index (Phi) is 5.59. The lowest BCUT2D eigenvalue weighted by Gasteiger charge is -2.09. The van der Waals surface area contributed by atoms with Crippen LogP contribution in [0.25, 0.3) is 0 Å². The molecule has 0 spiro atoms. The highest BCUT2D eigenvalue weighted by molar-refractivity contribution is 14.1. The van der Waals surface area contributed by atoms with Gasteiger partial charge < -0.3 is 0 Å². The van der Waals surface area contributed by atoms with Crippen LogP contribution in [0.3, 0.4) is 0 Å². The predicted octanol–water partition coefficient (Wildman–Crippen LogP) is 4.54. The van der Waals surface area contributed by atoms with E-state index in [2.05, 4.69) is 15.9 Å². The van der Waals surface area contributed by atoms with Crippen LogP contribution in [0.1, 0.15) is 10.4 Å². The van der Waals surface area contributed by atoms with Crippen LogP contribution < -0.4 is 4.72 Å². The van der Waals surface area contributed by atoms with E-state index >= 15 is 0 Å². The van der Waals surface area contributed by atoms with E-state index in [-0.39, 0.29) is 14.8 Å². The van der Waals surface area contributed by atoms with E-state index in [1.165, 1.54) is 18.2 Å². The number of nitrogens with one attached hydrogen (secondary N) is 1. The zero-order valence-electron chi connectivity index (χ0n) is 9.86. The van der Waals surface area contributed by atoms with Crippen molar-refractivity contribution in [1.29, 1.82) is 0 Å². The molecule has 0 saturated carbocycles. The van der Waals surface area contributed by atoms with E-state index in [9.17, 15) is 13.2 Å². The van der Waals surface area contributed by atoms with Crippen LogP contribution in [0.2, 0.25) is 10.0 Å². The SMILES string of the molecule is O=C(NS(=O)(=O)c1ccc(Br)s1)c1c(Cl)cc(Cl)cc1[125I]. The first-order valence-corrected chi connectivity index (χ1v) is 10.1. The highest BCUT2D eigenvalue weighted by atomic mass is 125. The van der Waals surface area contributed by atoms with Crippen LogP contribution in [0.15, 0.2) is 32.3 Å². The molecule has 0 fully saturated rings. The predicted molar refractivity (Wildman–Crippen MR) is 95.8 cm³/mol. The van der Waals surface area contributed by atoms with Crippen molar-refractivity contribution in [3.05, 3.63) is 47.2 Å². The third-order valence-electron chi connectivity index (χ3n) is 2.27. The van der Waals surface area contributed by atoms with E-state index < -0.39 is 15.9 Å². The Bertz CT molecular complexity index is 800. The Balaban J connectivity index is 2.35. The molecule has 21 heavy (non-hydrogen) atoms. The number of benzene rings is 1. The van der Waals surface area contributed by atoms with Crippen molar-refractivity contribution in [2.45, 2.75) is 4.21 Å². The maximum Gasteiger partial charge on any atom is 0.273 e. The Morgan fingerprint density at radius 2 is 1.95 bits per heavy atom. The second kappa shape index (κ2) is 6.71. The molecule has 0 unspecified atom stereocenters. The fourth-order valence-corrected chi connectivity index (χ4v) is 6.19. The summed E-state index contributed by atoms with van der Waals surface area (Å²) in [6, 6.07) is 5.90. The van der Waals surface area contributed by atoms with Gasteiger partial charge in [0, 0.05) is 8.59 Å². The molecular formula is C11H5BrCl2INO3S2. The monoisotopic (exact) mass is 537 g/mol. The number of carbonyl (C=O) groups is 1. The Hall–Kier alpha value is 0.130. The molecule has 10 heteroatoms. The van der Waals surface area contributed by atoms with Crippen molar-refractivity contribution in [3.63, 3.8) is 0 Å². The molecule has 112 valence electrons. The van der Waals surface area contributed by atoms with Crippen LogP contribution in [0, 0.1) is 3.57 Å². The van der Waals surface area contributed by atoms with Crippen LogP contribution in [-0.4, -0.2) is 14.3 Å². The van der Waals surface area contributed by atoms with Crippen molar-refractivity contribution in [2.24, 2.45) is 0 Å². The lowest BCUT2D eigenvalue weighted by molar-refractivity contribution is 0.0981. The number of hydrogen-bond donors (Lipinski definition) is 1. The highest BCUT2D eigenvalue weighted by Crippen LogP contribution is 2.28. The average molecular weight is 539 g/mol. The number of rotatable bonds is 3. The fourth-order valence-electron chi connectivity index (χ4n) is 1.42. The summed E-state index contributed by atoms with van der Waals surface area (Å²) in [5, 5.41) is 0.456. The molecule has 2 aromatic rings. The molecule has 1 N–H and O–H groups in total. The van der Waals surface area contributed by atoms with Gasteiger partial charge in [0.15, 0.2) is 0 Å². The van der Waals surface area contributed by atoms with Gasteiger partial charge in [-0.25, -0.2) is 13.1 Å². The maximum absolute atomic E-state index is 12.2. The minimum Gasteiger partial charge on any atom is -0.268 e. The number of hydrogen-bond acceptors (Lipinski definition) is 4. The van der Waals surface area contributed by atoms with Crippen LogP contribution >= 0.6 is 73.1 Å². The molecule has 1 amide bonds. The summed E-state index contributed by atoms with van der Waals surface area (Å²) >= 11 is 17.8. The molecule has 0 aliphatic rings. The van der Waals surface area contributed by atoms with Gasteiger partial charge >= 0.3 is 0 Å². The second-order valence-corrected chi connectivity index (χ2v) is 10.1. The van der Waals surface area contributed by atoms with Crippen molar-refractivity contribution in [1.82, 2.24) is 4.72 Å². The normalized spacial score (nSPS) is 11.4. The number of amides is 1. The summed E-state index contributed by atoms with van der Waals surface area (Å²) in [7, 11) is -3.94. The summed E-state index contributed by atoms with van der Waals surface area (Å²) in [5.41, 5.74) is 0.0702. The first-order chi connectivity index (χ1) is 9.70. The lowest BCUT2D eigenvalue weighted by atomic mass is 10.2. The minimum atomic E-state index is -3.94. The summed E-state index contributed by atoms with van der Waals surface area (Å²) in [4.78, 5) is 12.2. The van der Waals surface area contributed by atoms with E-state index in [4.69, 9.17) is 23.2 Å². The zero-order valence-corrected chi connectivity index (χ0v) is 16.8. The van der Waals surface area contributed by atoms with Crippen LogP contribution in [0.4, 0.5) is 0 Å². The largest absolute Gasteiger partial charge is 0.273 e. The maximum atomic E-state index is 12.2. The Morgan fingerprint density at radius 3 is 2.48 bits per heavy atom. The molecule has 0 aliphatic carbocycles. The quantitative estimate of drug-likeness (QED) is 0.584. The molecule has 1 aromatic carbocycles. The third kappa shape index (κ3) is 4.11. The van der Waals surface area contributed by atoms with Gasteiger partial charge in [-0.1, -0.05) is 23.2 Å². The molecule has 2 rings (SSSR count). The summed E-state index contributed by atoms with van der Waals surface area (Å²) < 4.78 is 27.3. The molecule has 1 heterocycles. The van der Waals surface area contributed by atoms with E-state index in [1.54, 1.807) is 6.07 Å². The smallest absolute Gasteiger partial charge is 0.268 e. The third-order valence-corrected chi connectivity index (χ3v) is 7.09. The Labute approximate surface area is 157 Å². The molecular weight excluding hydrogens is 534 g/mol. The minimum absolute atomic E-state index is 0.0304. The zero-order chi connectivity index (χ0) is 15.8. The topological polar surface area (TPSA) is 63.2 Å². The van der Waals surface area contributed by atoms with Gasteiger partial charge in [0.25, 0.3) is 15.9 Å². The molecule has 4 nitrogen and oxygen atoms in total. The van der Waals surface area contributed by atoms with Crippen molar-refractivity contribution >= 4 is 89.0 Å². The van der Waals surface area contributed by atoms with E-state index in [0.29, 0.717) is 12.4 Å². The molecule has 0 saturated heterocycles. The van der Waals surface area contributed by atoms with E-state index in [0.717, 1.165) is 11.3 Å². The van der Waals surface area contributed by atoms with Gasteiger partial charge in [-0.2, -0.15) is 0 Å². The summed E-state index contributed by atoms with van der Waals surface area (Å²) in [6.45, 7) is 0. The molecule has 0 aliphatic heterocycles. The molecule has 0 atom stereocenters. The van der Waals surface area contributed by atoms with Gasteiger partial charge in [-0.3, -0.25) is 4.79 Å². The van der Waals surface area contributed by atoms with Crippen molar-refractivity contribution in [2.75, 3.05) is 0 Å². The molecule has 0 radical (unpaired) electrons. The van der Waals surface area contributed by atoms with Crippen molar-refractivity contribution in [3.8, 4) is 0 Å². The van der Waals surface area contributed by atoms with E-state index in [1.807, 2.05) is 27.3 Å². The lowest BCUT2D eigenvalue weighted by Crippen LogP contribution is -2.30. The van der Waals surface area contributed by atoms with Gasteiger partial charge in [0.05, 0.1) is 14.4 Å². The number of carbonyl (C=O) groups excluding carboxylic acids is 1. The van der Waals surface area contributed by atoms with Crippen LogP contribution in [0.5, 0.6) is 0 Å². The molecule has 1 aromatic heterocycles. The van der Waals surface area contributed by atoms with Gasteiger partial charge in [-0.05, 0) is 62.8 Å². The number of halogens is 4. The van der Waals surface area contributed by atoms with Gasteiger partial charge in [0.2, 0.25) is 0 Å². The summed E-state index contributed by atoms with van der Waals surface area (Å²) in [6.07, 6.45) is 0. The number of sulfonamides is 1. The molecule has 0 bridgehead atoms. The second-order valence-electron chi connectivity index (χ2n) is 3.74. The first kappa shape index (κ1) is 17.5. The van der Waals surface area contributed by atoms with Gasteiger partial charge in [0.1, 0.15) is 4.21 Å². The first-order valence-electron chi connectivity index (χ1n) is 5.18. The fraction of sp³-hybridized carbons (Fsp3) is 0. The average Bonchev–Trinajstić information content (AvgIpc) is 2.74. The summed E-state index contributed by atoms with van der Waals surface area (Å²) in [5.74, 6) is -0.800. The van der Waals surface area contributed by atoms with Crippen molar-refractivity contribution < 1.29 is 13.2 Å². The highest BCUT2D eigenvalue weighted by Gasteiger charge is 2.23. The number of thiophene rings is 1. The van der Waals surface area contributed by atoms with Gasteiger partial charge in [-0.15, -0.1) is 11.3 Å². The Morgan fingerprint density at radius 1 is 1.29 bits per heavy atom. The standard InChI is InChI=1S/C11H5BrCl2INO3S2/c12-8-1-2-9(20-8)21(18,19)16-11(17)10-6(14)3-5(13)4-7(10)15/h1-4H,(H,16,17)/i15-2. The van der Waals surface area contributed by atoms with Crippen LogP contribution in [-0.2, 0) is 10.0 Å².